The molecule has 0 radical (unpaired) electrons. The van der Waals surface area contributed by atoms with Gasteiger partial charge in [0.2, 0.25) is 0 Å². The fourth-order valence-corrected chi connectivity index (χ4v) is 6.75. The van der Waals surface area contributed by atoms with Crippen LogP contribution in [0.25, 0.3) is 10.6 Å². The molecule has 0 spiro atoms. The third-order valence-corrected chi connectivity index (χ3v) is 8.53. The fourth-order valence-electron chi connectivity index (χ4n) is 4.26. The van der Waals surface area contributed by atoms with Gasteiger partial charge < -0.3 is 4.57 Å². The molecule has 0 saturated carbocycles. The Balaban J connectivity index is 2.04. The zero-order chi connectivity index (χ0) is 21.9. The second-order valence-corrected chi connectivity index (χ2v) is 10.8. The summed E-state index contributed by atoms with van der Waals surface area (Å²) < 4.78 is 28.1. The number of allylic oxidation sites excluding steroid dienone is 4. The summed E-state index contributed by atoms with van der Waals surface area (Å²) in [7, 11) is -2.87. The lowest BCUT2D eigenvalue weighted by Crippen LogP contribution is -2.24. The lowest BCUT2D eigenvalue weighted by Gasteiger charge is -2.37. The van der Waals surface area contributed by atoms with E-state index < -0.39 is 12.6 Å². The molecule has 0 unspecified atom stereocenters. The van der Waals surface area contributed by atoms with Crippen molar-refractivity contribution in [2.45, 2.75) is 18.8 Å². The number of hydrogen-bond donors (Lipinski definition) is 0. The minimum atomic E-state index is -2.87. The fraction of sp³-hybridized carbons (Fsp3) is 0.143. The average molecular weight is 428 g/mol. The Kier molecular flexibility index (Phi) is 5.94. The maximum absolute atomic E-state index is 14.3. The Morgan fingerprint density at radius 2 is 1.29 bits per heavy atom. The molecule has 0 saturated heterocycles. The molecule has 31 heavy (non-hydrogen) atoms. The van der Waals surface area contributed by atoms with Crippen LogP contribution in [-0.4, -0.2) is 6.66 Å². The molecule has 0 amide bonds. The molecule has 156 valence electrons. The largest absolute Gasteiger partial charge is 0.314 e. The van der Waals surface area contributed by atoms with Crippen LogP contribution in [0.2, 0.25) is 0 Å². The quantitative estimate of drug-likeness (QED) is 0.296. The smallest absolute Gasteiger partial charge is 0.140 e. The first-order valence-corrected chi connectivity index (χ1v) is 12.6. The third-order valence-electron chi connectivity index (χ3n) is 5.92. The van der Waals surface area contributed by atoms with Crippen molar-refractivity contribution in [3.8, 4) is 0 Å². The summed E-state index contributed by atoms with van der Waals surface area (Å²) >= 11 is 0. The van der Waals surface area contributed by atoms with Crippen molar-refractivity contribution in [1.29, 1.82) is 0 Å². The van der Waals surface area contributed by atoms with Gasteiger partial charge in [0.25, 0.3) is 0 Å². The molecule has 0 atom stereocenters. The molecule has 1 aliphatic rings. The van der Waals surface area contributed by atoms with E-state index in [-0.39, 0.29) is 5.82 Å². The first-order chi connectivity index (χ1) is 15.0. The Morgan fingerprint density at radius 1 is 0.806 bits per heavy atom. The van der Waals surface area contributed by atoms with E-state index in [9.17, 15) is 8.96 Å². The van der Waals surface area contributed by atoms with E-state index in [1.165, 1.54) is 12.1 Å². The van der Waals surface area contributed by atoms with Gasteiger partial charge in [0, 0.05) is 16.0 Å². The molecule has 1 heterocycles. The highest BCUT2D eigenvalue weighted by Gasteiger charge is 2.40. The van der Waals surface area contributed by atoms with Gasteiger partial charge >= 0.3 is 0 Å². The molecule has 3 aromatic carbocycles. The lowest BCUT2D eigenvalue weighted by molar-refractivity contribution is 0.589. The average Bonchev–Trinajstić information content (AvgIpc) is 2.80. The SMILES string of the molecule is C/C=C/CC1(c2ccc(F)cc2)C=C(c2ccccc2)P(C)(=O)C(c2ccccc2)=C1. The molecule has 3 heteroatoms. The van der Waals surface area contributed by atoms with Crippen LogP contribution in [0.5, 0.6) is 0 Å². The zero-order valence-corrected chi connectivity index (χ0v) is 18.7. The maximum atomic E-state index is 14.3. The summed E-state index contributed by atoms with van der Waals surface area (Å²) in [6.07, 6.45) is 9.12. The van der Waals surface area contributed by atoms with Gasteiger partial charge in [-0.3, -0.25) is 0 Å². The van der Waals surface area contributed by atoms with E-state index in [2.05, 4.69) is 18.2 Å². The number of hydrogen-bond acceptors (Lipinski definition) is 1. The van der Waals surface area contributed by atoms with Crippen LogP contribution < -0.4 is 0 Å². The van der Waals surface area contributed by atoms with Crippen molar-refractivity contribution in [1.82, 2.24) is 0 Å². The minimum absolute atomic E-state index is 0.263. The third kappa shape index (κ3) is 4.13. The van der Waals surface area contributed by atoms with E-state index >= 15 is 0 Å². The number of halogens is 1. The van der Waals surface area contributed by atoms with Crippen LogP contribution in [0, 0.1) is 5.82 Å². The number of benzene rings is 3. The summed E-state index contributed by atoms with van der Waals surface area (Å²) in [6, 6.07) is 26.6. The van der Waals surface area contributed by atoms with Gasteiger partial charge in [0.05, 0.1) is 0 Å². The van der Waals surface area contributed by atoms with Crippen molar-refractivity contribution in [2.24, 2.45) is 0 Å². The van der Waals surface area contributed by atoms with Crippen molar-refractivity contribution >= 4 is 17.8 Å². The lowest BCUT2D eigenvalue weighted by atomic mass is 9.75. The number of rotatable bonds is 5. The van der Waals surface area contributed by atoms with Crippen LogP contribution in [0.3, 0.4) is 0 Å². The van der Waals surface area contributed by atoms with Crippen molar-refractivity contribution in [2.75, 3.05) is 6.66 Å². The van der Waals surface area contributed by atoms with Crippen LogP contribution in [0.4, 0.5) is 4.39 Å². The molecular weight excluding hydrogens is 402 g/mol. The summed E-state index contributed by atoms with van der Waals surface area (Å²) in [4.78, 5) is 0. The second kappa shape index (κ2) is 8.65. The van der Waals surface area contributed by atoms with Crippen LogP contribution in [0.1, 0.15) is 30.0 Å². The van der Waals surface area contributed by atoms with Gasteiger partial charge in [-0.05, 0) is 48.8 Å². The molecule has 0 aliphatic carbocycles. The topological polar surface area (TPSA) is 17.1 Å². The maximum Gasteiger partial charge on any atom is 0.140 e. The molecule has 1 nitrogen and oxygen atoms in total. The van der Waals surface area contributed by atoms with Crippen LogP contribution >= 0.6 is 7.14 Å². The van der Waals surface area contributed by atoms with Crippen molar-refractivity contribution in [3.63, 3.8) is 0 Å². The Hall–Kier alpha value is -2.96. The standard InChI is InChI=1S/C28H26FOP/c1-3-4-19-28(24-15-17-25(29)18-16-24)20-26(22-11-7-5-8-12-22)31(2,30)27(21-28)23-13-9-6-10-14-23/h3-18,20-21H,19H2,1-2H3/b4-3+. The van der Waals surface area contributed by atoms with Gasteiger partial charge in [-0.1, -0.05) is 97.1 Å². The first kappa shape index (κ1) is 21.3. The molecule has 1 aliphatic heterocycles. The predicted molar refractivity (Wildman–Crippen MR) is 130 cm³/mol. The van der Waals surface area contributed by atoms with E-state index in [0.29, 0.717) is 6.42 Å². The molecule has 0 N–H and O–H groups in total. The van der Waals surface area contributed by atoms with Gasteiger partial charge in [-0.15, -0.1) is 0 Å². The van der Waals surface area contributed by atoms with Gasteiger partial charge in [-0.25, -0.2) is 4.39 Å². The highest BCUT2D eigenvalue weighted by atomic mass is 31.2. The van der Waals surface area contributed by atoms with Crippen molar-refractivity contribution in [3.05, 3.63) is 132 Å². The van der Waals surface area contributed by atoms with Crippen LogP contribution in [-0.2, 0) is 9.98 Å². The normalized spacial score (nSPS) is 23.5. The predicted octanol–water partition coefficient (Wildman–Crippen LogP) is 8.12. The Morgan fingerprint density at radius 3 is 1.74 bits per heavy atom. The van der Waals surface area contributed by atoms with Crippen LogP contribution in [0.15, 0.2) is 109 Å². The van der Waals surface area contributed by atoms with E-state index in [0.717, 1.165) is 27.3 Å². The molecule has 3 aromatic rings. The van der Waals surface area contributed by atoms with E-state index in [4.69, 9.17) is 0 Å². The summed E-state index contributed by atoms with van der Waals surface area (Å²) in [5.41, 5.74) is 2.37. The van der Waals surface area contributed by atoms with Crippen molar-refractivity contribution < 1.29 is 8.96 Å². The zero-order valence-electron chi connectivity index (χ0n) is 17.8. The highest BCUT2D eigenvalue weighted by molar-refractivity contribution is 7.83. The summed E-state index contributed by atoms with van der Waals surface area (Å²) in [6.45, 7) is 3.85. The Labute approximate surface area is 184 Å². The van der Waals surface area contributed by atoms with E-state index in [1.807, 2.05) is 92.5 Å². The molecule has 0 fully saturated rings. The molecule has 0 bridgehead atoms. The minimum Gasteiger partial charge on any atom is -0.314 e. The summed E-state index contributed by atoms with van der Waals surface area (Å²) in [5, 5.41) is 1.70. The monoisotopic (exact) mass is 428 g/mol. The molecular formula is C28H26FOP. The Bertz CT molecular complexity index is 1130. The summed E-state index contributed by atoms with van der Waals surface area (Å²) in [5.74, 6) is -0.263. The second-order valence-electron chi connectivity index (χ2n) is 8.04. The molecule has 4 rings (SSSR count). The first-order valence-electron chi connectivity index (χ1n) is 10.5. The van der Waals surface area contributed by atoms with Gasteiger partial charge in [-0.2, -0.15) is 0 Å². The highest BCUT2D eigenvalue weighted by Crippen LogP contribution is 2.69. The van der Waals surface area contributed by atoms with Gasteiger partial charge in [0.15, 0.2) is 0 Å². The van der Waals surface area contributed by atoms with Gasteiger partial charge in [0.1, 0.15) is 13.0 Å². The van der Waals surface area contributed by atoms with E-state index in [1.54, 1.807) is 0 Å². The molecule has 0 aromatic heterocycles.